The molecule has 1 atom stereocenters. The Morgan fingerprint density at radius 1 is 1.39 bits per heavy atom. The van der Waals surface area contributed by atoms with Gasteiger partial charge in [-0.2, -0.15) is 0 Å². The van der Waals surface area contributed by atoms with Crippen molar-refractivity contribution in [2.45, 2.75) is 39.2 Å². The fourth-order valence-electron chi connectivity index (χ4n) is 2.13. The zero-order valence-corrected chi connectivity index (χ0v) is 10.9. The van der Waals surface area contributed by atoms with Crippen LogP contribution in [0.2, 0.25) is 0 Å². The molecule has 1 heterocycles. The Morgan fingerprint density at radius 2 is 1.89 bits per heavy atom. The lowest BCUT2D eigenvalue weighted by Crippen LogP contribution is -2.54. The fraction of sp³-hybridized carbons (Fsp3) is 0.750. The van der Waals surface area contributed by atoms with E-state index in [0.717, 1.165) is 4.90 Å². The Labute approximate surface area is 106 Å². The molecule has 0 aromatic rings. The van der Waals surface area contributed by atoms with Crippen LogP contribution in [-0.4, -0.2) is 47.5 Å². The lowest BCUT2D eigenvalue weighted by atomic mass is 9.81. The highest BCUT2D eigenvalue weighted by atomic mass is 16.5. The maximum absolute atomic E-state index is 11.9. The van der Waals surface area contributed by atoms with Crippen LogP contribution < -0.4 is 0 Å². The summed E-state index contributed by atoms with van der Waals surface area (Å²) in [5.74, 6) is -2.01. The fourth-order valence-corrected chi connectivity index (χ4v) is 2.13. The first-order chi connectivity index (χ1) is 8.28. The highest BCUT2D eigenvalue weighted by molar-refractivity contribution is 6.01. The van der Waals surface area contributed by atoms with Crippen molar-refractivity contribution in [3.05, 3.63) is 0 Å². The molecule has 1 aliphatic rings. The van der Waals surface area contributed by atoms with Gasteiger partial charge in [0.1, 0.15) is 6.04 Å². The van der Waals surface area contributed by atoms with Gasteiger partial charge >= 0.3 is 5.97 Å². The van der Waals surface area contributed by atoms with Crippen molar-refractivity contribution in [1.29, 1.82) is 0 Å². The SMILES string of the molecule is COCCC(C(=O)O)N1C(=O)CC(C)(C)CC1=O. The molecule has 6 nitrogen and oxygen atoms in total. The summed E-state index contributed by atoms with van der Waals surface area (Å²) in [6, 6.07) is -1.12. The first kappa shape index (κ1) is 14.6. The summed E-state index contributed by atoms with van der Waals surface area (Å²) in [7, 11) is 1.45. The second kappa shape index (κ2) is 5.48. The number of imide groups is 1. The molecule has 1 saturated heterocycles. The summed E-state index contributed by atoms with van der Waals surface area (Å²) in [6.45, 7) is 3.84. The van der Waals surface area contributed by atoms with E-state index in [-0.39, 0.29) is 25.9 Å². The topological polar surface area (TPSA) is 83.9 Å². The van der Waals surface area contributed by atoms with Crippen molar-refractivity contribution in [1.82, 2.24) is 4.90 Å². The number of aliphatic carboxylic acids is 1. The van der Waals surface area contributed by atoms with Crippen molar-refractivity contribution < 1.29 is 24.2 Å². The molecular formula is C12H19NO5. The Kier molecular flexibility index (Phi) is 4.45. The normalized spacial score (nSPS) is 20.9. The van der Waals surface area contributed by atoms with Crippen molar-refractivity contribution >= 4 is 17.8 Å². The molecule has 18 heavy (non-hydrogen) atoms. The van der Waals surface area contributed by atoms with Crippen LogP contribution in [0.15, 0.2) is 0 Å². The van der Waals surface area contributed by atoms with E-state index in [2.05, 4.69) is 0 Å². The first-order valence-corrected chi connectivity index (χ1v) is 5.85. The van der Waals surface area contributed by atoms with E-state index < -0.39 is 29.2 Å². The van der Waals surface area contributed by atoms with Gasteiger partial charge in [0, 0.05) is 33.0 Å². The predicted octanol–water partition coefficient (Wildman–Crippen LogP) is 0.651. The molecule has 1 N–H and O–H groups in total. The van der Waals surface area contributed by atoms with E-state index in [0.29, 0.717) is 0 Å². The van der Waals surface area contributed by atoms with Crippen LogP contribution >= 0.6 is 0 Å². The molecule has 0 aliphatic carbocycles. The van der Waals surface area contributed by atoms with Crippen LogP contribution in [0.1, 0.15) is 33.1 Å². The van der Waals surface area contributed by atoms with E-state index in [1.807, 2.05) is 13.8 Å². The number of carbonyl (C=O) groups is 3. The van der Waals surface area contributed by atoms with E-state index in [4.69, 9.17) is 9.84 Å². The van der Waals surface area contributed by atoms with Gasteiger partial charge < -0.3 is 9.84 Å². The van der Waals surface area contributed by atoms with Gasteiger partial charge in [0.15, 0.2) is 0 Å². The van der Waals surface area contributed by atoms with E-state index in [1.54, 1.807) is 0 Å². The highest BCUT2D eigenvalue weighted by Crippen LogP contribution is 2.32. The van der Waals surface area contributed by atoms with Crippen LogP contribution in [0.25, 0.3) is 0 Å². The number of likely N-dealkylation sites (tertiary alicyclic amines) is 1. The van der Waals surface area contributed by atoms with Crippen molar-refractivity contribution in [2.24, 2.45) is 5.41 Å². The van der Waals surface area contributed by atoms with Gasteiger partial charge in [-0.25, -0.2) is 4.79 Å². The number of hydrogen-bond acceptors (Lipinski definition) is 4. The van der Waals surface area contributed by atoms with E-state index in [9.17, 15) is 14.4 Å². The third kappa shape index (κ3) is 3.29. The third-order valence-corrected chi connectivity index (χ3v) is 2.99. The maximum Gasteiger partial charge on any atom is 0.327 e. The van der Waals surface area contributed by atoms with Crippen LogP contribution in [0.3, 0.4) is 0 Å². The van der Waals surface area contributed by atoms with Crippen molar-refractivity contribution in [3.63, 3.8) is 0 Å². The Hall–Kier alpha value is -1.43. The largest absolute Gasteiger partial charge is 0.480 e. The lowest BCUT2D eigenvalue weighted by Gasteiger charge is -2.37. The van der Waals surface area contributed by atoms with Gasteiger partial charge in [-0.15, -0.1) is 0 Å². The Balaban J connectivity index is 2.88. The van der Waals surface area contributed by atoms with Gasteiger partial charge in [-0.1, -0.05) is 13.8 Å². The van der Waals surface area contributed by atoms with Gasteiger partial charge in [-0.05, 0) is 5.41 Å². The number of carboxylic acids is 1. The zero-order chi connectivity index (χ0) is 13.9. The van der Waals surface area contributed by atoms with Gasteiger partial charge in [-0.3, -0.25) is 14.5 Å². The zero-order valence-electron chi connectivity index (χ0n) is 10.9. The van der Waals surface area contributed by atoms with Crippen LogP contribution in [-0.2, 0) is 19.1 Å². The number of hydrogen-bond donors (Lipinski definition) is 1. The summed E-state index contributed by atoms with van der Waals surface area (Å²) < 4.78 is 4.81. The maximum atomic E-state index is 11.9. The number of amides is 2. The summed E-state index contributed by atoms with van der Waals surface area (Å²) in [4.78, 5) is 35.9. The monoisotopic (exact) mass is 257 g/mol. The third-order valence-electron chi connectivity index (χ3n) is 2.99. The van der Waals surface area contributed by atoms with E-state index >= 15 is 0 Å². The van der Waals surface area contributed by atoms with Crippen LogP contribution in [0, 0.1) is 5.41 Å². The molecule has 0 aromatic heterocycles. The molecule has 102 valence electrons. The summed E-state index contributed by atoms with van der Waals surface area (Å²) >= 11 is 0. The molecule has 1 fully saturated rings. The molecule has 1 unspecified atom stereocenters. The summed E-state index contributed by atoms with van der Waals surface area (Å²) in [5.41, 5.74) is -0.394. The second-order valence-corrected chi connectivity index (χ2v) is 5.31. The predicted molar refractivity (Wildman–Crippen MR) is 62.8 cm³/mol. The smallest absolute Gasteiger partial charge is 0.327 e. The Bertz CT molecular complexity index is 343. The molecule has 0 radical (unpaired) electrons. The minimum absolute atomic E-state index is 0.115. The van der Waals surface area contributed by atoms with Crippen LogP contribution in [0.5, 0.6) is 0 Å². The quantitative estimate of drug-likeness (QED) is 0.731. The van der Waals surface area contributed by atoms with Crippen LogP contribution in [0.4, 0.5) is 0 Å². The van der Waals surface area contributed by atoms with E-state index in [1.165, 1.54) is 7.11 Å². The highest BCUT2D eigenvalue weighted by Gasteiger charge is 2.42. The molecule has 2 amide bonds. The number of carbonyl (C=O) groups excluding carboxylic acids is 2. The molecule has 0 spiro atoms. The molecule has 0 saturated carbocycles. The summed E-state index contributed by atoms with van der Waals surface area (Å²) in [5, 5.41) is 9.12. The lowest BCUT2D eigenvalue weighted by molar-refractivity contribution is -0.164. The van der Waals surface area contributed by atoms with Gasteiger partial charge in [0.2, 0.25) is 11.8 Å². The molecule has 1 rings (SSSR count). The number of rotatable bonds is 5. The number of nitrogens with zero attached hydrogens (tertiary/aromatic N) is 1. The Morgan fingerprint density at radius 3 is 2.28 bits per heavy atom. The second-order valence-electron chi connectivity index (χ2n) is 5.31. The number of ether oxygens (including phenoxy) is 1. The van der Waals surface area contributed by atoms with Gasteiger partial charge in [0.25, 0.3) is 0 Å². The first-order valence-electron chi connectivity index (χ1n) is 5.85. The average molecular weight is 257 g/mol. The minimum Gasteiger partial charge on any atom is -0.480 e. The number of carboxylic acid groups (broad SMARTS) is 1. The number of piperidine rings is 1. The summed E-state index contributed by atoms with van der Waals surface area (Å²) in [6.07, 6.45) is 0.495. The molecule has 0 aromatic carbocycles. The molecule has 1 aliphatic heterocycles. The van der Waals surface area contributed by atoms with Crippen molar-refractivity contribution in [3.8, 4) is 0 Å². The standard InChI is InChI=1S/C12H19NO5/c1-12(2)6-9(14)13(10(15)7-12)8(11(16)17)4-5-18-3/h8H,4-7H2,1-3H3,(H,16,17). The average Bonchev–Trinajstić information content (AvgIpc) is 2.19. The van der Waals surface area contributed by atoms with Gasteiger partial charge in [0.05, 0.1) is 0 Å². The molecular weight excluding hydrogens is 238 g/mol. The minimum atomic E-state index is -1.17. The number of methoxy groups -OCH3 is 1. The molecule has 6 heteroatoms. The van der Waals surface area contributed by atoms with Crippen molar-refractivity contribution in [2.75, 3.05) is 13.7 Å². The molecule has 0 bridgehead atoms.